The number of primary amides is 1. The molecule has 0 aromatic heterocycles. The largest absolute Gasteiger partial charge is 0.508 e. The Morgan fingerprint density at radius 2 is 1.79 bits per heavy atom. The molecule has 0 heterocycles. The van der Waals surface area contributed by atoms with E-state index in [1.807, 2.05) is 30.3 Å². The number of anilines is 1. The van der Waals surface area contributed by atoms with Gasteiger partial charge in [0.25, 0.3) is 5.91 Å². The summed E-state index contributed by atoms with van der Waals surface area (Å²) in [5, 5.41) is 47.5. The number of nitrogens with zero attached hydrogens (tertiary/aromatic N) is 1. The molecule has 1 fully saturated rings. The lowest BCUT2D eigenvalue weighted by Gasteiger charge is -2.50. The smallest absolute Gasteiger partial charge is 0.255 e. The number of aliphatic hydroxyl groups is 3. The fourth-order valence-electron chi connectivity index (χ4n) is 6.34. The van der Waals surface area contributed by atoms with E-state index in [-0.39, 0.29) is 42.8 Å². The Labute approximate surface area is 246 Å². The summed E-state index contributed by atoms with van der Waals surface area (Å²) in [7, 11) is 3.07. The molecule has 0 saturated heterocycles. The maximum absolute atomic E-state index is 13.9. The van der Waals surface area contributed by atoms with Crippen molar-refractivity contribution in [3.8, 4) is 5.75 Å². The van der Waals surface area contributed by atoms with E-state index in [0.717, 1.165) is 5.56 Å². The number of nitrogens with two attached hydrogens (primary N) is 1. The first-order valence-electron chi connectivity index (χ1n) is 13.6. The number of amides is 2. The number of nitrogens with one attached hydrogen (secondary N) is 2. The highest BCUT2D eigenvalue weighted by Crippen LogP contribution is 2.53. The number of carbonyl (C=O) groups excluding carboxylic acids is 4. The van der Waals surface area contributed by atoms with E-state index in [2.05, 4.69) is 10.8 Å². The Balaban J connectivity index is 1.43. The zero-order valence-corrected chi connectivity index (χ0v) is 23.5. The molecule has 5 rings (SSSR count). The van der Waals surface area contributed by atoms with Gasteiger partial charge in [0, 0.05) is 11.5 Å². The van der Waals surface area contributed by atoms with Crippen LogP contribution in [-0.2, 0) is 37.0 Å². The normalized spacial score (nSPS) is 24.9. The number of ketones is 2. The Bertz CT molecular complexity index is 1580. The molecule has 8 N–H and O–H groups in total. The van der Waals surface area contributed by atoms with E-state index in [1.54, 1.807) is 6.07 Å². The van der Waals surface area contributed by atoms with Gasteiger partial charge in [-0.05, 0) is 50.0 Å². The van der Waals surface area contributed by atoms with E-state index in [9.17, 15) is 39.6 Å². The SMILES string of the molecule is CN(C)[C@@H]1C(=O)C(C(N)=O)=C(O)C2(O)C(=O)C3=C(O)c4c(ccc(NC(=O)CNOCc5ccccc5)c4O)CC3CC12. The Morgan fingerprint density at radius 1 is 1.09 bits per heavy atom. The van der Waals surface area contributed by atoms with Crippen LogP contribution in [0.1, 0.15) is 23.1 Å². The van der Waals surface area contributed by atoms with Crippen LogP contribution in [-0.4, -0.2) is 81.0 Å². The lowest BCUT2D eigenvalue weighted by atomic mass is 9.57. The molecule has 2 amide bonds. The second-order valence-electron chi connectivity index (χ2n) is 11.1. The topological polar surface area (TPSA) is 212 Å². The highest BCUT2D eigenvalue weighted by molar-refractivity contribution is 6.24. The maximum atomic E-state index is 13.9. The first-order valence-corrected chi connectivity index (χ1v) is 13.6. The molecule has 0 bridgehead atoms. The summed E-state index contributed by atoms with van der Waals surface area (Å²) >= 11 is 0. The van der Waals surface area contributed by atoms with Crippen LogP contribution in [0.25, 0.3) is 5.76 Å². The Morgan fingerprint density at radius 3 is 2.44 bits per heavy atom. The zero-order valence-electron chi connectivity index (χ0n) is 23.5. The standard InChI is InChI=1S/C30H32N4O9/c1-34(2)23-17-11-16-10-15-8-9-18(33-19(35)12-32-43-13-14-6-4-3-5-7-14)24(36)20(15)25(37)21(16)27(39)30(17,42)28(40)22(26(23)38)29(31)41/h3-9,16-17,23,32,36-37,40,42H,10-13H2,1-2H3,(H2,31,41)(H,33,35)/t16?,17?,23-,30?/m0/s1. The van der Waals surface area contributed by atoms with Crippen LogP contribution in [0.5, 0.6) is 5.75 Å². The first kappa shape index (κ1) is 29.9. The van der Waals surface area contributed by atoms with Gasteiger partial charge >= 0.3 is 0 Å². The molecule has 3 aliphatic rings. The molecule has 0 radical (unpaired) electrons. The lowest BCUT2D eigenvalue weighted by Crippen LogP contribution is -2.65. The van der Waals surface area contributed by atoms with Gasteiger partial charge in [0.1, 0.15) is 29.4 Å². The lowest BCUT2D eigenvalue weighted by molar-refractivity contribution is -0.153. The van der Waals surface area contributed by atoms with Gasteiger partial charge in [0.2, 0.25) is 11.7 Å². The molecule has 1 saturated carbocycles. The van der Waals surface area contributed by atoms with Crippen molar-refractivity contribution in [1.82, 2.24) is 10.4 Å². The fourth-order valence-corrected chi connectivity index (χ4v) is 6.34. The second kappa shape index (κ2) is 11.3. The molecule has 226 valence electrons. The summed E-state index contributed by atoms with van der Waals surface area (Å²) in [6.07, 6.45) is 0.130. The van der Waals surface area contributed by atoms with Crippen LogP contribution in [0.4, 0.5) is 5.69 Å². The number of aliphatic hydroxyl groups excluding tert-OH is 2. The highest BCUT2D eigenvalue weighted by Gasteiger charge is 2.64. The molecule has 3 aliphatic carbocycles. The van der Waals surface area contributed by atoms with Crippen molar-refractivity contribution in [1.29, 1.82) is 0 Å². The molecule has 0 aliphatic heterocycles. The molecule has 13 heteroatoms. The predicted molar refractivity (Wildman–Crippen MR) is 152 cm³/mol. The molecule has 43 heavy (non-hydrogen) atoms. The number of Topliss-reactive ketones (excluding diaryl/α,β-unsaturated/α-hetero) is 2. The average molecular weight is 593 g/mol. The van der Waals surface area contributed by atoms with E-state index in [1.165, 1.54) is 25.1 Å². The van der Waals surface area contributed by atoms with Crippen LogP contribution in [0, 0.1) is 11.8 Å². The highest BCUT2D eigenvalue weighted by atomic mass is 16.6. The Hall–Kier alpha value is -4.56. The van der Waals surface area contributed by atoms with Crippen LogP contribution in [0.2, 0.25) is 0 Å². The minimum Gasteiger partial charge on any atom is -0.508 e. The first-order chi connectivity index (χ1) is 20.4. The van der Waals surface area contributed by atoms with E-state index in [4.69, 9.17) is 10.6 Å². The average Bonchev–Trinajstić information content (AvgIpc) is 2.95. The van der Waals surface area contributed by atoms with Crippen molar-refractivity contribution in [3.05, 3.63) is 76.1 Å². The molecule has 3 unspecified atom stereocenters. The number of aromatic hydroxyl groups is 1. The molecule has 13 nitrogen and oxygen atoms in total. The van der Waals surface area contributed by atoms with Crippen LogP contribution in [0.15, 0.2) is 59.4 Å². The summed E-state index contributed by atoms with van der Waals surface area (Å²) in [4.78, 5) is 58.4. The molecule has 0 spiro atoms. The van der Waals surface area contributed by atoms with Gasteiger partial charge in [0.05, 0.1) is 23.9 Å². The number of likely N-dealkylation sites (N-methyl/N-ethyl adjacent to an activating group) is 1. The number of carbonyl (C=O) groups is 4. The fraction of sp³-hybridized carbons (Fsp3) is 0.333. The molecule has 2 aromatic rings. The summed E-state index contributed by atoms with van der Waals surface area (Å²) in [5.41, 5.74) is 5.18. The monoisotopic (exact) mass is 592 g/mol. The van der Waals surface area contributed by atoms with Gasteiger partial charge in [-0.3, -0.25) is 28.9 Å². The third kappa shape index (κ3) is 4.95. The van der Waals surface area contributed by atoms with Crippen LogP contribution in [0.3, 0.4) is 0 Å². The maximum Gasteiger partial charge on any atom is 0.255 e. The van der Waals surface area contributed by atoms with Crippen molar-refractivity contribution in [2.45, 2.75) is 31.1 Å². The van der Waals surface area contributed by atoms with Crippen molar-refractivity contribution in [2.24, 2.45) is 17.6 Å². The number of hydrogen-bond acceptors (Lipinski definition) is 11. The van der Waals surface area contributed by atoms with Crippen molar-refractivity contribution in [3.63, 3.8) is 0 Å². The quantitative estimate of drug-likeness (QED) is 0.0977. The van der Waals surface area contributed by atoms with Crippen molar-refractivity contribution >= 4 is 34.8 Å². The van der Waals surface area contributed by atoms with Gasteiger partial charge < -0.3 is 31.5 Å². The molecule has 2 aromatic carbocycles. The van der Waals surface area contributed by atoms with Gasteiger partial charge in [-0.1, -0.05) is 36.4 Å². The summed E-state index contributed by atoms with van der Waals surface area (Å²) in [5.74, 6) is -7.95. The van der Waals surface area contributed by atoms with Crippen molar-refractivity contribution < 1.29 is 44.4 Å². The van der Waals surface area contributed by atoms with Gasteiger partial charge in [-0.25, -0.2) is 0 Å². The van der Waals surface area contributed by atoms with Gasteiger partial charge in [-0.15, -0.1) is 0 Å². The van der Waals surface area contributed by atoms with Crippen LogP contribution < -0.4 is 16.5 Å². The third-order valence-electron chi connectivity index (χ3n) is 8.28. The second-order valence-corrected chi connectivity index (χ2v) is 11.1. The molecular formula is C30H32N4O9. The third-order valence-corrected chi connectivity index (χ3v) is 8.28. The van der Waals surface area contributed by atoms with Gasteiger partial charge in [-0.2, -0.15) is 5.48 Å². The van der Waals surface area contributed by atoms with E-state index >= 15 is 0 Å². The van der Waals surface area contributed by atoms with Crippen LogP contribution >= 0.6 is 0 Å². The number of hydrogen-bond donors (Lipinski definition) is 7. The Kier molecular flexibility index (Phi) is 7.84. The number of phenolic OH excluding ortho intramolecular Hbond substituents is 1. The summed E-state index contributed by atoms with van der Waals surface area (Å²) in [6, 6.07) is 11.2. The predicted octanol–water partition coefficient (Wildman–Crippen LogP) is 0.624. The number of fused-ring (bicyclic) bond motifs is 3. The summed E-state index contributed by atoms with van der Waals surface area (Å²) < 4.78 is 0. The summed E-state index contributed by atoms with van der Waals surface area (Å²) in [6.45, 7) is -0.0395. The van der Waals surface area contributed by atoms with Gasteiger partial charge in [0.15, 0.2) is 11.4 Å². The molecular weight excluding hydrogens is 560 g/mol. The number of phenols is 1. The number of rotatable bonds is 8. The number of hydroxylamine groups is 1. The zero-order chi connectivity index (χ0) is 31.2. The minimum absolute atomic E-state index is 0.0142. The van der Waals surface area contributed by atoms with Crippen molar-refractivity contribution in [2.75, 3.05) is 26.0 Å². The minimum atomic E-state index is -2.72. The van der Waals surface area contributed by atoms with E-state index in [0.29, 0.717) is 5.56 Å². The molecule has 4 atom stereocenters. The number of benzene rings is 2. The van der Waals surface area contributed by atoms with E-state index < -0.39 is 69.7 Å².